The highest BCUT2D eigenvalue weighted by Gasteiger charge is 2.14. The molecule has 0 spiro atoms. The summed E-state index contributed by atoms with van der Waals surface area (Å²) < 4.78 is 3.48. The van der Waals surface area contributed by atoms with Gasteiger partial charge in [-0.25, -0.2) is 0 Å². The second kappa shape index (κ2) is 7.76. The normalized spacial score (nSPS) is 14.9. The zero-order chi connectivity index (χ0) is 14.5. The number of nitrogens with zero attached hydrogens (tertiary/aromatic N) is 3. The number of thiophene rings is 1. The summed E-state index contributed by atoms with van der Waals surface area (Å²) in [6.45, 7) is 3.01. The fourth-order valence-corrected chi connectivity index (χ4v) is 4.74. The van der Waals surface area contributed by atoms with Crippen LogP contribution in [-0.2, 0) is 19.5 Å². The molecule has 0 atom stereocenters. The van der Waals surface area contributed by atoms with Gasteiger partial charge in [-0.2, -0.15) is 0 Å². The van der Waals surface area contributed by atoms with E-state index in [0.717, 1.165) is 37.0 Å². The number of hydrogen-bond acceptors (Lipinski definition) is 5. The standard InChI is InChI=1S/C14H19BrN4S2/c15-11-8-12(21-10-11)9-16-5-7-20-14-18-17-13-4-2-1-3-6-19(13)14/h8,10,16H,1-7,9H2. The number of aryl methyl sites for hydroxylation is 1. The predicted molar refractivity (Wildman–Crippen MR) is 92.0 cm³/mol. The fourth-order valence-electron chi connectivity index (χ4n) is 2.44. The summed E-state index contributed by atoms with van der Waals surface area (Å²) in [6.07, 6.45) is 4.90. The van der Waals surface area contributed by atoms with Crippen LogP contribution in [0.4, 0.5) is 0 Å². The molecule has 0 aliphatic carbocycles. The molecule has 0 bridgehead atoms. The summed E-state index contributed by atoms with van der Waals surface area (Å²) >= 11 is 7.08. The Balaban J connectivity index is 1.42. The maximum absolute atomic E-state index is 4.34. The van der Waals surface area contributed by atoms with Gasteiger partial charge < -0.3 is 9.88 Å². The van der Waals surface area contributed by atoms with Crippen molar-refractivity contribution in [2.24, 2.45) is 0 Å². The molecule has 3 rings (SSSR count). The maximum atomic E-state index is 4.34. The van der Waals surface area contributed by atoms with E-state index in [0.29, 0.717) is 0 Å². The molecule has 0 aromatic carbocycles. The van der Waals surface area contributed by atoms with Crippen LogP contribution in [0.1, 0.15) is 30.0 Å². The van der Waals surface area contributed by atoms with Crippen LogP contribution in [0.15, 0.2) is 21.1 Å². The molecule has 3 heterocycles. The molecule has 0 saturated heterocycles. The molecule has 21 heavy (non-hydrogen) atoms. The van der Waals surface area contributed by atoms with Crippen molar-refractivity contribution >= 4 is 39.0 Å². The lowest BCUT2D eigenvalue weighted by Gasteiger charge is -2.06. The van der Waals surface area contributed by atoms with E-state index in [1.165, 1.54) is 34.4 Å². The minimum Gasteiger partial charge on any atom is -0.311 e. The SMILES string of the molecule is Brc1csc(CNCCSc2nnc3n2CCCCC3)c1. The highest BCUT2D eigenvalue weighted by Crippen LogP contribution is 2.22. The number of thioether (sulfide) groups is 1. The Morgan fingerprint density at radius 1 is 1.33 bits per heavy atom. The Morgan fingerprint density at radius 3 is 3.14 bits per heavy atom. The average molecular weight is 387 g/mol. The van der Waals surface area contributed by atoms with Gasteiger partial charge in [0, 0.05) is 46.5 Å². The predicted octanol–water partition coefficient (Wildman–Crippen LogP) is 3.71. The number of rotatable bonds is 6. The van der Waals surface area contributed by atoms with Crippen LogP contribution in [0, 0.1) is 0 Å². The van der Waals surface area contributed by atoms with Crippen molar-refractivity contribution < 1.29 is 0 Å². The average Bonchev–Trinajstić information content (AvgIpc) is 2.98. The molecule has 1 N–H and O–H groups in total. The number of hydrogen-bond donors (Lipinski definition) is 1. The van der Waals surface area contributed by atoms with Crippen LogP contribution in [-0.4, -0.2) is 27.1 Å². The topological polar surface area (TPSA) is 42.7 Å². The van der Waals surface area contributed by atoms with E-state index in [4.69, 9.17) is 0 Å². The first-order valence-corrected chi connectivity index (χ1v) is 9.97. The number of nitrogens with one attached hydrogen (secondary N) is 1. The quantitative estimate of drug-likeness (QED) is 0.606. The summed E-state index contributed by atoms with van der Waals surface area (Å²) in [4.78, 5) is 1.36. The summed E-state index contributed by atoms with van der Waals surface area (Å²) in [6, 6.07) is 2.17. The summed E-state index contributed by atoms with van der Waals surface area (Å²) in [5.74, 6) is 2.21. The van der Waals surface area contributed by atoms with E-state index in [2.05, 4.69) is 47.5 Å². The van der Waals surface area contributed by atoms with E-state index < -0.39 is 0 Å². The van der Waals surface area contributed by atoms with Crippen molar-refractivity contribution in [1.82, 2.24) is 20.1 Å². The van der Waals surface area contributed by atoms with Crippen molar-refractivity contribution in [2.75, 3.05) is 12.3 Å². The van der Waals surface area contributed by atoms with E-state index >= 15 is 0 Å². The Kier molecular flexibility index (Phi) is 5.74. The third-order valence-electron chi connectivity index (χ3n) is 3.51. The van der Waals surface area contributed by atoms with Gasteiger partial charge in [0.1, 0.15) is 5.82 Å². The van der Waals surface area contributed by atoms with Gasteiger partial charge in [-0.15, -0.1) is 21.5 Å². The monoisotopic (exact) mass is 386 g/mol. The van der Waals surface area contributed by atoms with Gasteiger partial charge in [-0.05, 0) is 34.8 Å². The minimum absolute atomic E-state index is 0.939. The van der Waals surface area contributed by atoms with Crippen molar-refractivity contribution in [2.45, 2.75) is 43.9 Å². The second-order valence-corrected chi connectivity index (χ2v) is 8.09. The van der Waals surface area contributed by atoms with E-state index in [1.807, 2.05) is 11.8 Å². The van der Waals surface area contributed by atoms with Crippen molar-refractivity contribution in [3.8, 4) is 0 Å². The van der Waals surface area contributed by atoms with Crippen molar-refractivity contribution in [3.05, 3.63) is 26.6 Å². The molecule has 114 valence electrons. The molecular formula is C14H19BrN4S2. The third kappa shape index (κ3) is 4.31. The van der Waals surface area contributed by atoms with E-state index in [-0.39, 0.29) is 0 Å². The lowest BCUT2D eigenvalue weighted by molar-refractivity contribution is 0.590. The molecule has 0 saturated carbocycles. The molecule has 0 radical (unpaired) electrons. The van der Waals surface area contributed by atoms with Crippen molar-refractivity contribution in [3.63, 3.8) is 0 Å². The molecule has 1 aliphatic heterocycles. The fraction of sp³-hybridized carbons (Fsp3) is 0.571. The third-order valence-corrected chi connectivity index (χ3v) is 6.17. The molecule has 4 nitrogen and oxygen atoms in total. The van der Waals surface area contributed by atoms with E-state index in [9.17, 15) is 0 Å². The molecule has 1 aliphatic rings. The summed E-state index contributed by atoms with van der Waals surface area (Å²) in [7, 11) is 0. The Morgan fingerprint density at radius 2 is 2.29 bits per heavy atom. The highest BCUT2D eigenvalue weighted by molar-refractivity contribution is 9.10. The largest absolute Gasteiger partial charge is 0.311 e. The zero-order valence-corrected chi connectivity index (χ0v) is 15.1. The molecule has 7 heteroatoms. The van der Waals surface area contributed by atoms with Crippen LogP contribution in [0.2, 0.25) is 0 Å². The Hall–Kier alpha value is -0.370. The van der Waals surface area contributed by atoms with Gasteiger partial charge >= 0.3 is 0 Å². The highest BCUT2D eigenvalue weighted by atomic mass is 79.9. The minimum atomic E-state index is 0.939. The van der Waals surface area contributed by atoms with E-state index in [1.54, 1.807) is 11.3 Å². The van der Waals surface area contributed by atoms with Crippen molar-refractivity contribution in [1.29, 1.82) is 0 Å². The van der Waals surface area contributed by atoms with Gasteiger partial charge in [0.25, 0.3) is 0 Å². The lowest BCUT2D eigenvalue weighted by Crippen LogP contribution is -2.16. The van der Waals surface area contributed by atoms with Crippen LogP contribution in [0.3, 0.4) is 0 Å². The summed E-state index contributed by atoms with van der Waals surface area (Å²) in [5, 5.41) is 15.4. The molecule has 0 amide bonds. The van der Waals surface area contributed by atoms with Gasteiger partial charge in [0.05, 0.1) is 0 Å². The zero-order valence-electron chi connectivity index (χ0n) is 11.8. The first kappa shape index (κ1) is 15.5. The van der Waals surface area contributed by atoms with Crippen LogP contribution >= 0.6 is 39.0 Å². The first-order valence-electron chi connectivity index (χ1n) is 7.31. The van der Waals surface area contributed by atoms with Gasteiger partial charge in [-0.1, -0.05) is 18.2 Å². The molecule has 0 unspecified atom stereocenters. The molecular weight excluding hydrogens is 368 g/mol. The Bertz CT molecular complexity index is 581. The number of aromatic nitrogens is 3. The van der Waals surface area contributed by atoms with Gasteiger partial charge in [0.15, 0.2) is 5.16 Å². The lowest BCUT2D eigenvalue weighted by atomic mass is 10.2. The van der Waals surface area contributed by atoms with Gasteiger partial charge in [-0.3, -0.25) is 0 Å². The first-order chi connectivity index (χ1) is 10.3. The smallest absolute Gasteiger partial charge is 0.191 e. The molecule has 2 aromatic rings. The van der Waals surface area contributed by atoms with Crippen LogP contribution in [0.5, 0.6) is 0 Å². The number of halogens is 1. The second-order valence-electron chi connectivity index (χ2n) is 5.12. The van der Waals surface area contributed by atoms with Crippen LogP contribution < -0.4 is 5.32 Å². The number of fused-ring (bicyclic) bond motifs is 1. The molecule has 2 aromatic heterocycles. The van der Waals surface area contributed by atoms with Crippen LogP contribution in [0.25, 0.3) is 0 Å². The Labute approximate surface area is 141 Å². The summed E-state index contributed by atoms with van der Waals surface area (Å²) in [5.41, 5.74) is 0. The van der Waals surface area contributed by atoms with Gasteiger partial charge in [0.2, 0.25) is 0 Å². The maximum Gasteiger partial charge on any atom is 0.191 e. The molecule has 0 fully saturated rings.